The lowest BCUT2D eigenvalue weighted by Gasteiger charge is -2.09. The van der Waals surface area contributed by atoms with E-state index < -0.39 is 4.92 Å². The number of aryl methyl sites for hydroxylation is 1. The third-order valence-electron chi connectivity index (χ3n) is 2.99. The molecule has 0 spiro atoms. The van der Waals surface area contributed by atoms with Crippen LogP contribution in [0.15, 0.2) is 24.4 Å². The van der Waals surface area contributed by atoms with Crippen LogP contribution in [0.25, 0.3) is 11.3 Å². The first kappa shape index (κ1) is 14.7. The number of aromatic nitrogens is 2. The van der Waals surface area contributed by atoms with Crippen LogP contribution in [0, 0.1) is 17.0 Å². The number of nitro groups is 1. The summed E-state index contributed by atoms with van der Waals surface area (Å²) in [6.45, 7) is 4.40. The normalized spacial score (nSPS) is 10.2. The van der Waals surface area contributed by atoms with Crippen LogP contribution in [0.5, 0.6) is 5.75 Å². The third-order valence-corrected chi connectivity index (χ3v) is 2.99. The fraction of sp³-hybridized carbons (Fsp3) is 0.286. The standard InChI is InChI=1S/C14H16N4O3/c1-4-15-14-16-8-12(18(19)20)13(17-14)11-6-5-10(21-3)7-9(11)2/h5-8H,4H2,1-3H3,(H,15,16,17). The van der Waals surface area contributed by atoms with Crippen molar-refractivity contribution < 1.29 is 9.66 Å². The second-order valence-corrected chi connectivity index (χ2v) is 4.40. The van der Waals surface area contributed by atoms with E-state index in [1.54, 1.807) is 19.2 Å². The maximum atomic E-state index is 11.2. The van der Waals surface area contributed by atoms with Crippen LogP contribution in [0.3, 0.4) is 0 Å². The Hall–Kier alpha value is -2.70. The van der Waals surface area contributed by atoms with Crippen molar-refractivity contribution in [2.75, 3.05) is 19.0 Å². The lowest BCUT2D eigenvalue weighted by atomic mass is 10.0. The summed E-state index contributed by atoms with van der Waals surface area (Å²) in [5.41, 5.74) is 1.71. The van der Waals surface area contributed by atoms with Gasteiger partial charge in [-0.05, 0) is 37.6 Å². The molecular formula is C14H16N4O3. The Balaban J connectivity index is 2.59. The Morgan fingerprint density at radius 2 is 2.19 bits per heavy atom. The van der Waals surface area contributed by atoms with Gasteiger partial charge in [-0.25, -0.2) is 9.97 Å². The van der Waals surface area contributed by atoms with E-state index in [1.165, 1.54) is 6.20 Å². The highest BCUT2D eigenvalue weighted by Crippen LogP contribution is 2.32. The summed E-state index contributed by atoms with van der Waals surface area (Å²) in [4.78, 5) is 18.9. The van der Waals surface area contributed by atoms with Gasteiger partial charge in [0.05, 0.1) is 12.0 Å². The summed E-state index contributed by atoms with van der Waals surface area (Å²) in [7, 11) is 1.57. The Morgan fingerprint density at radius 3 is 2.76 bits per heavy atom. The van der Waals surface area contributed by atoms with E-state index in [2.05, 4.69) is 15.3 Å². The van der Waals surface area contributed by atoms with Gasteiger partial charge in [0.2, 0.25) is 5.95 Å². The molecule has 0 unspecified atom stereocenters. The molecule has 21 heavy (non-hydrogen) atoms. The number of hydrogen-bond acceptors (Lipinski definition) is 6. The molecule has 0 fully saturated rings. The minimum Gasteiger partial charge on any atom is -0.497 e. The third kappa shape index (κ3) is 3.07. The topological polar surface area (TPSA) is 90.2 Å². The first-order chi connectivity index (χ1) is 10.1. The van der Waals surface area contributed by atoms with Crippen molar-refractivity contribution in [1.82, 2.24) is 9.97 Å². The zero-order valence-corrected chi connectivity index (χ0v) is 12.1. The van der Waals surface area contributed by atoms with Gasteiger partial charge in [-0.2, -0.15) is 0 Å². The van der Waals surface area contributed by atoms with E-state index in [0.717, 1.165) is 5.56 Å². The molecule has 2 rings (SSSR count). The van der Waals surface area contributed by atoms with Gasteiger partial charge in [-0.15, -0.1) is 0 Å². The zero-order valence-electron chi connectivity index (χ0n) is 12.1. The van der Waals surface area contributed by atoms with Crippen molar-refractivity contribution in [2.24, 2.45) is 0 Å². The minimum absolute atomic E-state index is 0.120. The maximum Gasteiger partial charge on any atom is 0.313 e. The molecule has 0 atom stereocenters. The quantitative estimate of drug-likeness (QED) is 0.672. The van der Waals surface area contributed by atoms with Crippen molar-refractivity contribution in [3.05, 3.63) is 40.1 Å². The number of anilines is 1. The van der Waals surface area contributed by atoms with Gasteiger partial charge >= 0.3 is 5.69 Å². The molecular weight excluding hydrogens is 272 g/mol. The summed E-state index contributed by atoms with van der Waals surface area (Å²) >= 11 is 0. The molecule has 1 aromatic carbocycles. The maximum absolute atomic E-state index is 11.2. The largest absolute Gasteiger partial charge is 0.497 e. The predicted molar refractivity (Wildman–Crippen MR) is 79.6 cm³/mol. The molecule has 0 aliphatic carbocycles. The lowest BCUT2D eigenvalue weighted by Crippen LogP contribution is -2.05. The smallest absolute Gasteiger partial charge is 0.313 e. The zero-order chi connectivity index (χ0) is 15.4. The highest BCUT2D eigenvalue weighted by molar-refractivity contribution is 5.73. The van der Waals surface area contributed by atoms with Crippen LogP contribution < -0.4 is 10.1 Å². The molecule has 7 nitrogen and oxygen atoms in total. The molecule has 1 aromatic heterocycles. The van der Waals surface area contributed by atoms with Crippen molar-refractivity contribution in [2.45, 2.75) is 13.8 Å². The number of nitrogens with one attached hydrogen (secondary N) is 1. The van der Waals surface area contributed by atoms with E-state index in [-0.39, 0.29) is 5.69 Å². The Morgan fingerprint density at radius 1 is 1.43 bits per heavy atom. The highest BCUT2D eigenvalue weighted by Gasteiger charge is 2.20. The van der Waals surface area contributed by atoms with Crippen molar-refractivity contribution in [3.8, 4) is 17.0 Å². The number of methoxy groups -OCH3 is 1. The molecule has 7 heteroatoms. The van der Waals surface area contributed by atoms with Gasteiger partial charge < -0.3 is 10.1 Å². The number of benzene rings is 1. The predicted octanol–water partition coefficient (Wildman–Crippen LogP) is 2.80. The first-order valence-corrected chi connectivity index (χ1v) is 6.47. The molecule has 0 aliphatic heterocycles. The summed E-state index contributed by atoms with van der Waals surface area (Å²) in [6.07, 6.45) is 1.23. The molecule has 0 aliphatic rings. The summed E-state index contributed by atoms with van der Waals surface area (Å²) in [5, 5.41) is 14.1. The molecule has 0 bridgehead atoms. The molecule has 0 saturated carbocycles. The van der Waals surface area contributed by atoms with Gasteiger partial charge in [0.1, 0.15) is 11.9 Å². The van der Waals surface area contributed by atoms with E-state index >= 15 is 0 Å². The fourth-order valence-electron chi connectivity index (χ4n) is 1.98. The number of rotatable bonds is 5. The average molecular weight is 288 g/mol. The van der Waals surface area contributed by atoms with E-state index in [0.29, 0.717) is 29.5 Å². The minimum atomic E-state index is -0.477. The van der Waals surface area contributed by atoms with Crippen LogP contribution in [0.1, 0.15) is 12.5 Å². The monoisotopic (exact) mass is 288 g/mol. The molecule has 0 amide bonds. The van der Waals surface area contributed by atoms with Gasteiger partial charge in [0.15, 0.2) is 5.69 Å². The number of hydrogen-bond donors (Lipinski definition) is 1. The lowest BCUT2D eigenvalue weighted by molar-refractivity contribution is -0.384. The van der Waals surface area contributed by atoms with Crippen LogP contribution in [0.4, 0.5) is 11.6 Å². The van der Waals surface area contributed by atoms with Crippen molar-refractivity contribution in [3.63, 3.8) is 0 Å². The Bertz CT molecular complexity index is 673. The van der Waals surface area contributed by atoms with E-state index in [4.69, 9.17) is 4.74 Å². The molecule has 0 saturated heterocycles. The summed E-state index contributed by atoms with van der Waals surface area (Å²) in [5.74, 6) is 1.06. The molecule has 110 valence electrons. The fourth-order valence-corrected chi connectivity index (χ4v) is 1.98. The van der Waals surface area contributed by atoms with Crippen LogP contribution in [-0.4, -0.2) is 28.5 Å². The van der Waals surface area contributed by atoms with E-state index in [9.17, 15) is 10.1 Å². The molecule has 2 aromatic rings. The van der Waals surface area contributed by atoms with Gasteiger partial charge in [-0.3, -0.25) is 10.1 Å². The summed E-state index contributed by atoms with van der Waals surface area (Å²) in [6, 6.07) is 5.33. The molecule has 1 heterocycles. The van der Waals surface area contributed by atoms with Crippen LogP contribution >= 0.6 is 0 Å². The SMILES string of the molecule is CCNc1ncc([N+](=O)[O-])c(-c2ccc(OC)cc2C)n1. The first-order valence-electron chi connectivity index (χ1n) is 6.47. The van der Waals surface area contributed by atoms with Crippen molar-refractivity contribution >= 4 is 11.6 Å². The van der Waals surface area contributed by atoms with Crippen molar-refractivity contribution in [1.29, 1.82) is 0 Å². The Kier molecular flexibility index (Phi) is 4.32. The van der Waals surface area contributed by atoms with Crippen LogP contribution in [0.2, 0.25) is 0 Å². The molecule has 1 N–H and O–H groups in total. The van der Waals surface area contributed by atoms with Gasteiger partial charge in [0, 0.05) is 12.1 Å². The molecule has 0 radical (unpaired) electrons. The second-order valence-electron chi connectivity index (χ2n) is 4.40. The van der Waals surface area contributed by atoms with Gasteiger partial charge in [0.25, 0.3) is 0 Å². The van der Waals surface area contributed by atoms with Crippen LogP contribution in [-0.2, 0) is 0 Å². The average Bonchev–Trinajstić information content (AvgIpc) is 2.47. The summed E-state index contributed by atoms with van der Waals surface area (Å²) < 4.78 is 5.15. The second kappa shape index (κ2) is 6.17. The Labute approximate surface area is 122 Å². The number of nitrogens with zero attached hydrogens (tertiary/aromatic N) is 3. The number of ether oxygens (including phenoxy) is 1. The van der Waals surface area contributed by atoms with Gasteiger partial charge in [-0.1, -0.05) is 0 Å². The highest BCUT2D eigenvalue weighted by atomic mass is 16.6. The van der Waals surface area contributed by atoms with E-state index in [1.807, 2.05) is 19.9 Å².